The Balaban J connectivity index is 2.16. The van der Waals surface area contributed by atoms with Gasteiger partial charge in [0.15, 0.2) is 5.82 Å². The first kappa shape index (κ1) is 23.8. The van der Waals surface area contributed by atoms with Gasteiger partial charge in [0, 0.05) is 43.5 Å². The number of urea groups is 1. The number of nitrogens with one attached hydrogen (secondary N) is 1. The molecule has 1 aliphatic heterocycles. The molecule has 0 atom stereocenters. The maximum Gasteiger partial charge on any atom is 0.327 e. The predicted octanol–water partition coefficient (Wildman–Crippen LogP) is 4.78. The molecule has 0 saturated heterocycles. The quantitative estimate of drug-likeness (QED) is 0.421. The summed E-state index contributed by atoms with van der Waals surface area (Å²) in [6.07, 6.45) is 16.9. The molecule has 7 nitrogen and oxygen atoms in total. The molecule has 0 saturated carbocycles. The molecule has 2 amide bonds. The molecule has 0 aliphatic carbocycles. The van der Waals surface area contributed by atoms with E-state index in [4.69, 9.17) is 5.73 Å². The molecule has 0 bridgehead atoms. The molecule has 164 valence electrons. The number of nitrogens with zero attached hydrogens (tertiary/aromatic N) is 4. The number of unbranched alkanes of at least 4 members (excludes halogenated alkanes) is 3. The molecule has 0 spiro atoms. The largest absolute Gasteiger partial charge is 0.397 e. The van der Waals surface area contributed by atoms with E-state index in [2.05, 4.69) is 33.8 Å². The highest BCUT2D eigenvalue weighted by molar-refractivity contribution is 5.83. The summed E-state index contributed by atoms with van der Waals surface area (Å²) in [4.78, 5) is 27.1. The lowest BCUT2D eigenvalue weighted by molar-refractivity contribution is 0.212. The van der Waals surface area contributed by atoms with Crippen molar-refractivity contribution in [3.8, 4) is 0 Å². The number of allylic oxidation sites excluding steroid dienone is 4. The minimum absolute atomic E-state index is 0.281. The third kappa shape index (κ3) is 8.04. The zero-order valence-corrected chi connectivity index (χ0v) is 18.4. The van der Waals surface area contributed by atoms with Gasteiger partial charge < -0.3 is 5.73 Å². The molecule has 0 radical (unpaired) electrons. The van der Waals surface area contributed by atoms with Gasteiger partial charge in [-0.05, 0) is 36.6 Å². The lowest BCUT2D eigenvalue weighted by atomic mass is 10.1. The van der Waals surface area contributed by atoms with Crippen LogP contribution in [-0.4, -0.2) is 34.9 Å². The third-order valence-electron chi connectivity index (χ3n) is 4.78. The monoisotopic (exact) mass is 420 g/mol. The third-order valence-corrected chi connectivity index (χ3v) is 4.78. The van der Waals surface area contributed by atoms with Gasteiger partial charge >= 0.3 is 6.03 Å². The molecule has 0 unspecified atom stereocenters. The summed E-state index contributed by atoms with van der Waals surface area (Å²) >= 11 is 0. The molecule has 3 N–H and O–H groups in total. The number of rotatable bonds is 10. The van der Waals surface area contributed by atoms with E-state index < -0.39 is 0 Å². The van der Waals surface area contributed by atoms with E-state index in [-0.39, 0.29) is 6.03 Å². The molecule has 0 aromatic carbocycles. The average Bonchev–Trinajstić information content (AvgIpc) is 3.06. The van der Waals surface area contributed by atoms with Gasteiger partial charge in [0.2, 0.25) is 0 Å². The molecule has 2 heterocycles. The zero-order valence-electron chi connectivity index (χ0n) is 18.4. The van der Waals surface area contributed by atoms with Crippen molar-refractivity contribution >= 4 is 24.0 Å². The van der Waals surface area contributed by atoms with E-state index in [9.17, 15) is 4.79 Å². The predicted molar refractivity (Wildman–Crippen MR) is 128 cm³/mol. The molecule has 0 fully saturated rings. The van der Waals surface area contributed by atoms with E-state index in [1.807, 2.05) is 25.1 Å². The van der Waals surface area contributed by atoms with Crippen LogP contribution in [0.25, 0.3) is 5.57 Å². The van der Waals surface area contributed by atoms with E-state index in [0.29, 0.717) is 30.2 Å². The van der Waals surface area contributed by atoms with Crippen LogP contribution in [0.4, 0.5) is 4.79 Å². The van der Waals surface area contributed by atoms with Crippen molar-refractivity contribution in [2.75, 3.05) is 6.54 Å². The number of pyridine rings is 1. The maximum absolute atomic E-state index is 13.0. The molecule has 31 heavy (non-hydrogen) atoms. The first-order valence-electron chi connectivity index (χ1n) is 10.6. The number of nitrogens with two attached hydrogens (primary N) is 1. The second-order valence-corrected chi connectivity index (χ2v) is 7.18. The van der Waals surface area contributed by atoms with Crippen molar-refractivity contribution in [1.82, 2.24) is 15.2 Å². The molecule has 7 heteroatoms. The lowest BCUT2D eigenvalue weighted by Crippen LogP contribution is -2.39. The van der Waals surface area contributed by atoms with Crippen molar-refractivity contribution < 1.29 is 4.79 Å². The van der Waals surface area contributed by atoms with Crippen molar-refractivity contribution in [1.29, 1.82) is 0 Å². The van der Waals surface area contributed by atoms with Crippen LogP contribution in [0.5, 0.6) is 0 Å². The van der Waals surface area contributed by atoms with E-state index in [1.54, 1.807) is 35.8 Å². The van der Waals surface area contributed by atoms with Crippen molar-refractivity contribution in [2.45, 2.75) is 46.0 Å². The van der Waals surface area contributed by atoms with Crippen molar-refractivity contribution in [3.05, 3.63) is 72.2 Å². The Bertz CT molecular complexity index is 896. The highest BCUT2D eigenvalue weighted by Crippen LogP contribution is 2.16. The standard InChI is InChI=1S/C24H32N6O/c1-4-5-6-7-16-30(24(31)29-23-18-27-14-9-15-28-23)20(3)22(25)12-11-19(2)21-10-8-13-26-17-21/h8,10-15,17-18H,2,4-7,9,16,25H2,1,3H3,(H,29,31)/b12-11-,22-20-. The number of carbonyl (C=O) groups excluding carboxylic acids is 1. The van der Waals surface area contributed by atoms with Gasteiger partial charge in [0.05, 0.1) is 11.9 Å². The van der Waals surface area contributed by atoms with Crippen LogP contribution in [0.15, 0.2) is 76.7 Å². The zero-order chi connectivity index (χ0) is 22.5. The lowest BCUT2D eigenvalue weighted by Gasteiger charge is -2.25. The fraction of sp³-hybridized carbons (Fsp3) is 0.333. The Kier molecular flexibility index (Phi) is 9.94. The number of hydrogen-bond donors (Lipinski definition) is 2. The molecular weight excluding hydrogens is 388 g/mol. The Hall–Kier alpha value is -3.48. The second kappa shape index (κ2) is 13.0. The van der Waals surface area contributed by atoms with Crippen LogP contribution in [0, 0.1) is 0 Å². The van der Waals surface area contributed by atoms with Crippen LogP contribution < -0.4 is 11.1 Å². The minimum Gasteiger partial charge on any atom is -0.397 e. The summed E-state index contributed by atoms with van der Waals surface area (Å²) < 4.78 is 0. The van der Waals surface area contributed by atoms with Crippen molar-refractivity contribution in [2.24, 2.45) is 15.7 Å². The Labute approximate surface area is 184 Å². The normalized spacial score (nSPS) is 14.1. The maximum atomic E-state index is 13.0. The van der Waals surface area contributed by atoms with E-state index in [0.717, 1.165) is 36.8 Å². The van der Waals surface area contributed by atoms with Crippen molar-refractivity contribution in [3.63, 3.8) is 0 Å². The van der Waals surface area contributed by atoms with Gasteiger partial charge in [-0.15, -0.1) is 0 Å². The summed E-state index contributed by atoms with van der Waals surface area (Å²) in [6.45, 7) is 8.62. The van der Waals surface area contributed by atoms with Crippen LogP contribution in [-0.2, 0) is 0 Å². The number of aliphatic imine (C=N–C) groups is 2. The first-order chi connectivity index (χ1) is 15.0. The Morgan fingerprint density at radius 3 is 2.87 bits per heavy atom. The van der Waals surface area contributed by atoms with Gasteiger partial charge in [-0.25, -0.2) is 9.79 Å². The molecule has 1 aromatic rings. The van der Waals surface area contributed by atoms with Crippen LogP contribution in [0.3, 0.4) is 0 Å². The van der Waals surface area contributed by atoms with E-state index in [1.165, 1.54) is 6.20 Å². The Morgan fingerprint density at radius 1 is 1.29 bits per heavy atom. The molecule has 1 aromatic heterocycles. The average molecular weight is 421 g/mol. The van der Waals surface area contributed by atoms with Gasteiger partial charge in [0.25, 0.3) is 0 Å². The summed E-state index contributed by atoms with van der Waals surface area (Å²) in [7, 11) is 0. The molecule has 1 aliphatic rings. The summed E-state index contributed by atoms with van der Waals surface area (Å²) in [6, 6.07) is 3.51. The number of hydrogen-bond acceptors (Lipinski definition) is 5. The first-order valence-corrected chi connectivity index (χ1v) is 10.6. The van der Waals surface area contributed by atoms with Gasteiger partial charge in [-0.3, -0.25) is 20.2 Å². The summed E-state index contributed by atoms with van der Waals surface area (Å²) in [5.41, 5.74) is 9.19. The SMILES string of the molecule is C=C(/C=C\C(N)=C(/C)N(CCCCCC)C(=O)NC1=CN=CCC=N1)c1cccnc1. The van der Waals surface area contributed by atoms with Crippen LogP contribution >= 0.6 is 0 Å². The van der Waals surface area contributed by atoms with Gasteiger partial charge in [-0.2, -0.15) is 0 Å². The van der Waals surface area contributed by atoms with Crippen LogP contribution in [0.2, 0.25) is 0 Å². The topological polar surface area (TPSA) is 96.0 Å². The fourth-order valence-electron chi connectivity index (χ4n) is 2.89. The van der Waals surface area contributed by atoms with E-state index >= 15 is 0 Å². The summed E-state index contributed by atoms with van der Waals surface area (Å²) in [5, 5.41) is 2.82. The second-order valence-electron chi connectivity index (χ2n) is 7.18. The Morgan fingerprint density at radius 2 is 2.13 bits per heavy atom. The smallest absolute Gasteiger partial charge is 0.327 e. The van der Waals surface area contributed by atoms with Gasteiger partial charge in [-0.1, -0.05) is 44.9 Å². The molecule has 2 rings (SSSR count). The number of carbonyl (C=O) groups is 1. The highest BCUT2D eigenvalue weighted by atomic mass is 16.2. The minimum atomic E-state index is -0.281. The molecular formula is C24H32N6O. The number of aromatic nitrogens is 1. The van der Waals surface area contributed by atoms with Crippen LogP contribution in [0.1, 0.15) is 51.5 Å². The highest BCUT2D eigenvalue weighted by Gasteiger charge is 2.18. The number of amides is 2. The summed E-state index contributed by atoms with van der Waals surface area (Å²) in [5.74, 6) is 0.407. The van der Waals surface area contributed by atoms with Gasteiger partial charge in [0.1, 0.15) is 0 Å². The fourth-order valence-corrected chi connectivity index (χ4v) is 2.89.